The van der Waals surface area contributed by atoms with E-state index >= 15 is 0 Å². The number of aryl methyl sites for hydroxylation is 1. The first-order chi connectivity index (χ1) is 11.0. The van der Waals surface area contributed by atoms with Crippen molar-refractivity contribution in [3.8, 4) is 0 Å². The van der Waals surface area contributed by atoms with Gasteiger partial charge in [0, 0.05) is 17.1 Å². The fraction of sp³-hybridized carbons (Fsp3) is 0.688. The molecule has 1 saturated carbocycles. The van der Waals surface area contributed by atoms with Crippen LogP contribution in [0.2, 0.25) is 0 Å². The summed E-state index contributed by atoms with van der Waals surface area (Å²) in [6.07, 6.45) is 6.15. The van der Waals surface area contributed by atoms with Crippen molar-refractivity contribution >= 4 is 28.3 Å². The first-order valence-corrected chi connectivity index (χ1v) is 8.97. The van der Waals surface area contributed by atoms with E-state index in [0.717, 1.165) is 24.1 Å². The van der Waals surface area contributed by atoms with Crippen molar-refractivity contribution in [3.05, 3.63) is 11.1 Å². The zero-order valence-electron chi connectivity index (χ0n) is 13.7. The second kappa shape index (κ2) is 8.29. The van der Waals surface area contributed by atoms with Crippen molar-refractivity contribution in [3.63, 3.8) is 0 Å². The quantitative estimate of drug-likeness (QED) is 0.776. The van der Waals surface area contributed by atoms with E-state index in [1.807, 2.05) is 0 Å². The van der Waals surface area contributed by atoms with Crippen LogP contribution in [0.25, 0.3) is 0 Å². The van der Waals surface area contributed by atoms with Gasteiger partial charge in [0.2, 0.25) is 0 Å². The van der Waals surface area contributed by atoms with E-state index in [1.54, 1.807) is 13.1 Å². The molecule has 23 heavy (non-hydrogen) atoms. The number of hydrogen-bond donors (Lipinski definition) is 2. The van der Waals surface area contributed by atoms with Crippen LogP contribution in [0.15, 0.2) is 6.20 Å². The molecule has 0 radical (unpaired) electrons. The first kappa shape index (κ1) is 17.7. The SMILES string of the molecule is C[C@H](OC(=O)CCc1cnc(N)s1)C(=O)N[C@H]1CCCC[C@@H]1C. The van der Waals surface area contributed by atoms with Crippen LogP contribution in [0.3, 0.4) is 0 Å². The summed E-state index contributed by atoms with van der Waals surface area (Å²) in [5.74, 6) is -0.108. The third kappa shape index (κ3) is 5.49. The number of hydrogen-bond acceptors (Lipinski definition) is 6. The Morgan fingerprint density at radius 3 is 2.87 bits per heavy atom. The van der Waals surface area contributed by atoms with E-state index in [2.05, 4.69) is 17.2 Å². The van der Waals surface area contributed by atoms with Crippen LogP contribution >= 0.6 is 11.3 Å². The van der Waals surface area contributed by atoms with Gasteiger partial charge in [-0.05, 0) is 32.1 Å². The second-order valence-electron chi connectivity index (χ2n) is 6.17. The molecule has 1 amide bonds. The molecule has 1 aromatic rings. The van der Waals surface area contributed by atoms with Gasteiger partial charge in [-0.3, -0.25) is 9.59 Å². The molecule has 128 valence electrons. The fourth-order valence-electron chi connectivity index (χ4n) is 2.80. The third-order valence-corrected chi connectivity index (χ3v) is 5.15. The molecule has 7 heteroatoms. The number of nitrogens with one attached hydrogen (secondary N) is 1. The van der Waals surface area contributed by atoms with Crippen LogP contribution in [0.4, 0.5) is 5.13 Å². The van der Waals surface area contributed by atoms with Crippen molar-refractivity contribution in [2.75, 3.05) is 5.73 Å². The standard InChI is InChI=1S/C16H25N3O3S/c1-10-5-3-4-6-13(10)19-15(21)11(2)22-14(20)8-7-12-9-18-16(17)23-12/h9-11,13H,3-8H2,1-2H3,(H2,17,18)(H,19,21)/t10-,11-,13-/m0/s1. The molecule has 2 rings (SSSR count). The summed E-state index contributed by atoms with van der Waals surface area (Å²) < 4.78 is 5.22. The number of ether oxygens (including phenoxy) is 1. The Bertz CT molecular complexity index is 546. The molecule has 0 bridgehead atoms. The topological polar surface area (TPSA) is 94.3 Å². The van der Waals surface area contributed by atoms with E-state index in [0.29, 0.717) is 17.5 Å². The van der Waals surface area contributed by atoms with Gasteiger partial charge < -0.3 is 15.8 Å². The number of aromatic nitrogens is 1. The van der Waals surface area contributed by atoms with E-state index in [-0.39, 0.29) is 24.3 Å². The molecular weight excluding hydrogens is 314 g/mol. The highest BCUT2D eigenvalue weighted by Gasteiger charge is 2.26. The number of thiazole rings is 1. The number of carbonyl (C=O) groups excluding carboxylic acids is 2. The largest absolute Gasteiger partial charge is 0.453 e. The number of anilines is 1. The van der Waals surface area contributed by atoms with Crippen LogP contribution in [-0.4, -0.2) is 29.0 Å². The lowest BCUT2D eigenvalue weighted by atomic mass is 9.86. The van der Waals surface area contributed by atoms with Gasteiger partial charge in [0.05, 0.1) is 6.42 Å². The van der Waals surface area contributed by atoms with Gasteiger partial charge in [-0.2, -0.15) is 0 Å². The Kier molecular flexibility index (Phi) is 6.38. The number of nitrogen functional groups attached to an aromatic ring is 1. The van der Waals surface area contributed by atoms with Crippen molar-refractivity contribution in [1.82, 2.24) is 10.3 Å². The summed E-state index contributed by atoms with van der Waals surface area (Å²) >= 11 is 1.36. The molecule has 0 aliphatic heterocycles. The van der Waals surface area contributed by atoms with Crippen molar-refractivity contribution in [2.45, 2.75) is 64.5 Å². The minimum atomic E-state index is -0.761. The second-order valence-corrected chi connectivity index (χ2v) is 7.32. The highest BCUT2D eigenvalue weighted by molar-refractivity contribution is 7.15. The molecule has 1 aliphatic carbocycles. The number of carbonyl (C=O) groups is 2. The predicted octanol–water partition coefficient (Wildman–Crippen LogP) is 2.28. The average molecular weight is 339 g/mol. The molecule has 1 heterocycles. The van der Waals surface area contributed by atoms with Gasteiger partial charge >= 0.3 is 5.97 Å². The third-order valence-electron chi connectivity index (χ3n) is 4.26. The number of esters is 1. The van der Waals surface area contributed by atoms with Gasteiger partial charge in [0.15, 0.2) is 11.2 Å². The summed E-state index contributed by atoms with van der Waals surface area (Å²) in [6.45, 7) is 3.77. The molecule has 6 nitrogen and oxygen atoms in total. The smallest absolute Gasteiger partial charge is 0.306 e. The zero-order chi connectivity index (χ0) is 16.8. The molecule has 1 aromatic heterocycles. The van der Waals surface area contributed by atoms with Crippen LogP contribution in [0.5, 0.6) is 0 Å². The Hall–Kier alpha value is -1.63. The molecule has 0 spiro atoms. The Morgan fingerprint density at radius 2 is 2.22 bits per heavy atom. The minimum Gasteiger partial charge on any atom is -0.453 e. The maximum Gasteiger partial charge on any atom is 0.306 e. The molecule has 1 aliphatic rings. The minimum absolute atomic E-state index is 0.192. The summed E-state index contributed by atoms with van der Waals surface area (Å²) in [5.41, 5.74) is 5.54. The van der Waals surface area contributed by atoms with Crippen LogP contribution in [0.1, 0.15) is 50.8 Å². The number of nitrogens with zero attached hydrogens (tertiary/aromatic N) is 1. The van der Waals surface area contributed by atoms with E-state index in [4.69, 9.17) is 10.5 Å². The lowest BCUT2D eigenvalue weighted by Crippen LogP contribution is -2.46. The fourth-order valence-corrected chi connectivity index (χ4v) is 3.49. The van der Waals surface area contributed by atoms with Crippen molar-refractivity contribution < 1.29 is 14.3 Å². The Labute approximate surface area is 140 Å². The van der Waals surface area contributed by atoms with Gasteiger partial charge in [-0.15, -0.1) is 11.3 Å². The summed E-state index contributed by atoms with van der Waals surface area (Å²) in [6, 6.07) is 0.192. The van der Waals surface area contributed by atoms with Gasteiger partial charge in [-0.25, -0.2) is 4.98 Å². The Morgan fingerprint density at radius 1 is 1.48 bits per heavy atom. The molecular formula is C16H25N3O3S. The normalized spacial score (nSPS) is 22.3. The molecule has 0 aromatic carbocycles. The molecule has 1 fully saturated rings. The maximum atomic E-state index is 12.2. The van der Waals surface area contributed by atoms with Crippen LogP contribution in [-0.2, 0) is 20.7 Å². The predicted molar refractivity (Wildman–Crippen MR) is 90.0 cm³/mol. The lowest BCUT2D eigenvalue weighted by molar-refractivity contribution is -0.155. The molecule has 3 atom stereocenters. The highest BCUT2D eigenvalue weighted by atomic mass is 32.1. The van der Waals surface area contributed by atoms with Crippen LogP contribution in [0, 0.1) is 5.92 Å². The number of rotatable bonds is 6. The maximum absolute atomic E-state index is 12.2. The summed E-state index contributed by atoms with van der Waals surface area (Å²) in [7, 11) is 0. The van der Waals surface area contributed by atoms with E-state index in [1.165, 1.54) is 17.8 Å². The van der Waals surface area contributed by atoms with Gasteiger partial charge in [-0.1, -0.05) is 19.8 Å². The molecule has 0 saturated heterocycles. The number of amides is 1. The van der Waals surface area contributed by atoms with E-state index < -0.39 is 6.10 Å². The first-order valence-electron chi connectivity index (χ1n) is 8.15. The molecule has 0 unspecified atom stereocenters. The highest BCUT2D eigenvalue weighted by Crippen LogP contribution is 2.23. The van der Waals surface area contributed by atoms with Gasteiger partial charge in [0.1, 0.15) is 0 Å². The van der Waals surface area contributed by atoms with Crippen molar-refractivity contribution in [2.24, 2.45) is 5.92 Å². The number of nitrogens with two attached hydrogens (primary N) is 1. The monoisotopic (exact) mass is 339 g/mol. The van der Waals surface area contributed by atoms with E-state index in [9.17, 15) is 9.59 Å². The summed E-state index contributed by atoms with van der Waals surface area (Å²) in [4.78, 5) is 28.9. The van der Waals surface area contributed by atoms with Crippen LogP contribution < -0.4 is 11.1 Å². The molecule has 3 N–H and O–H groups in total. The average Bonchev–Trinajstić information content (AvgIpc) is 2.93. The van der Waals surface area contributed by atoms with Gasteiger partial charge in [0.25, 0.3) is 5.91 Å². The Balaban J connectivity index is 1.72. The zero-order valence-corrected chi connectivity index (χ0v) is 14.5. The lowest BCUT2D eigenvalue weighted by Gasteiger charge is -2.30. The van der Waals surface area contributed by atoms with Crippen molar-refractivity contribution in [1.29, 1.82) is 0 Å². The summed E-state index contributed by atoms with van der Waals surface area (Å²) in [5, 5.41) is 3.50.